The normalized spacial score (nSPS) is 19.3. The second kappa shape index (κ2) is 8.49. The second-order valence-electron chi connectivity index (χ2n) is 7.06. The molecule has 0 aromatic heterocycles. The Morgan fingerprint density at radius 1 is 1.14 bits per heavy atom. The number of anilines is 1. The Labute approximate surface area is 171 Å². The Morgan fingerprint density at radius 2 is 1.96 bits per heavy atom. The number of benzene rings is 2. The first kappa shape index (κ1) is 19.2. The zero-order valence-electron chi connectivity index (χ0n) is 15.4. The van der Waals surface area contributed by atoms with Crippen molar-refractivity contribution in [2.24, 2.45) is 0 Å². The molecular formula is C21H22BrFN2O3. The van der Waals surface area contributed by atoms with Gasteiger partial charge in [-0.3, -0.25) is 9.69 Å². The van der Waals surface area contributed by atoms with Crippen LogP contribution in [0.1, 0.15) is 30.9 Å². The van der Waals surface area contributed by atoms with E-state index in [2.05, 4.69) is 26.1 Å². The molecule has 1 atom stereocenters. The second-order valence-corrected chi connectivity index (χ2v) is 7.97. The Morgan fingerprint density at radius 3 is 2.79 bits per heavy atom. The van der Waals surface area contributed by atoms with Crippen molar-refractivity contribution < 1.29 is 18.7 Å². The minimum Gasteiger partial charge on any atom is -0.490 e. The van der Waals surface area contributed by atoms with Gasteiger partial charge in [-0.05, 0) is 55.3 Å². The topological polar surface area (TPSA) is 50.8 Å². The summed E-state index contributed by atoms with van der Waals surface area (Å²) < 4.78 is 26.1. The highest BCUT2D eigenvalue weighted by Crippen LogP contribution is 2.37. The third kappa shape index (κ3) is 4.31. The lowest BCUT2D eigenvalue weighted by atomic mass is 10.0. The van der Waals surface area contributed by atoms with E-state index in [4.69, 9.17) is 9.47 Å². The molecule has 1 amide bonds. The number of nitrogens with zero attached hydrogens (tertiary/aromatic N) is 1. The smallest absolute Gasteiger partial charge is 0.238 e. The van der Waals surface area contributed by atoms with Crippen LogP contribution in [0.15, 0.2) is 40.9 Å². The molecule has 0 unspecified atom stereocenters. The molecule has 1 N–H and O–H groups in total. The highest BCUT2D eigenvalue weighted by molar-refractivity contribution is 9.10. The van der Waals surface area contributed by atoms with Gasteiger partial charge in [0, 0.05) is 16.9 Å². The average molecular weight is 449 g/mol. The summed E-state index contributed by atoms with van der Waals surface area (Å²) in [6.07, 6.45) is 2.85. The quantitative estimate of drug-likeness (QED) is 0.746. The molecule has 1 fully saturated rings. The maximum atomic E-state index is 14.0. The van der Waals surface area contributed by atoms with Gasteiger partial charge in [0.15, 0.2) is 11.5 Å². The Hall–Kier alpha value is -2.12. The monoisotopic (exact) mass is 448 g/mol. The van der Waals surface area contributed by atoms with Crippen molar-refractivity contribution in [3.8, 4) is 11.5 Å². The molecule has 0 radical (unpaired) electrons. The van der Waals surface area contributed by atoms with Crippen molar-refractivity contribution in [1.29, 1.82) is 0 Å². The highest BCUT2D eigenvalue weighted by Gasteiger charge is 2.28. The first-order valence-electron chi connectivity index (χ1n) is 9.48. The van der Waals surface area contributed by atoms with E-state index in [0.717, 1.165) is 42.9 Å². The first-order valence-corrected chi connectivity index (χ1v) is 10.3. The van der Waals surface area contributed by atoms with Gasteiger partial charge in [0.05, 0.1) is 25.4 Å². The van der Waals surface area contributed by atoms with E-state index in [0.29, 0.717) is 17.7 Å². The van der Waals surface area contributed by atoms with Gasteiger partial charge in [-0.25, -0.2) is 4.39 Å². The minimum absolute atomic E-state index is 0.137. The summed E-state index contributed by atoms with van der Waals surface area (Å²) in [5.74, 6) is 0.864. The number of carbonyl (C=O) groups excluding carboxylic acids is 1. The fraction of sp³-hybridized carbons (Fsp3) is 0.381. The number of rotatable bonds is 4. The van der Waals surface area contributed by atoms with Crippen LogP contribution in [0, 0.1) is 5.82 Å². The van der Waals surface area contributed by atoms with E-state index in [1.165, 1.54) is 6.07 Å². The van der Waals surface area contributed by atoms with E-state index in [-0.39, 0.29) is 24.2 Å². The minimum atomic E-state index is -0.455. The van der Waals surface area contributed by atoms with E-state index < -0.39 is 5.82 Å². The van der Waals surface area contributed by atoms with Gasteiger partial charge >= 0.3 is 0 Å². The largest absolute Gasteiger partial charge is 0.490 e. The van der Waals surface area contributed by atoms with Crippen LogP contribution in [-0.4, -0.2) is 37.1 Å². The molecule has 148 valence electrons. The summed E-state index contributed by atoms with van der Waals surface area (Å²) in [6.45, 7) is 2.35. The van der Waals surface area contributed by atoms with E-state index in [1.807, 2.05) is 18.2 Å². The van der Waals surface area contributed by atoms with E-state index >= 15 is 0 Å². The number of halogens is 2. The Balaban J connectivity index is 1.45. The lowest BCUT2D eigenvalue weighted by Gasteiger charge is -2.25. The number of hydrogen-bond acceptors (Lipinski definition) is 4. The molecule has 28 heavy (non-hydrogen) atoms. The molecular weight excluding hydrogens is 427 g/mol. The molecule has 0 spiro atoms. The zero-order valence-corrected chi connectivity index (χ0v) is 17.0. The van der Waals surface area contributed by atoms with Crippen molar-refractivity contribution >= 4 is 27.5 Å². The van der Waals surface area contributed by atoms with Crippen LogP contribution in [0.25, 0.3) is 0 Å². The lowest BCUT2D eigenvalue weighted by molar-refractivity contribution is -0.117. The van der Waals surface area contributed by atoms with Crippen molar-refractivity contribution in [1.82, 2.24) is 4.90 Å². The van der Waals surface area contributed by atoms with Gasteiger partial charge in [0.2, 0.25) is 5.91 Å². The standard InChI is InChI=1S/C21H22BrFN2O3/c22-15-5-6-17(16(23)12-15)24-21(26)13-25-8-1-3-18(25)14-4-7-19-20(11-14)28-10-2-9-27-19/h4-7,11-12,18H,1-3,8-10,13H2,(H,24,26)/t18-/m0/s1. The number of likely N-dealkylation sites (tertiary alicyclic amines) is 1. The summed E-state index contributed by atoms with van der Waals surface area (Å²) in [7, 11) is 0. The summed E-state index contributed by atoms with van der Waals surface area (Å²) in [4.78, 5) is 14.6. The fourth-order valence-corrected chi connectivity index (χ4v) is 4.08. The lowest BCUT2D eigenvalue weighted by Crippen LogP contribution is -2.33. The molecule has 5 nitrogen and oxygen atoms in total. The van der Waals surface area contributed by atoms with Gasteiger partial charge in [0.25, 0.3) is 0 Å². The molecule has 2 aliphatic rings. The molecule has 2 aliphatic heterocycles. The van der Waals surface area contributed by atoms with Crippen LogP contribution >= 0.6 is 15.9 Å². The van der Waals surface area contributed by atoms with Gasteiger partial charge in [-0.2, -0.15) is 0 Å². The van der Waals surface area contributed by atoms with E-state index in [1.54, 1.807) is 12.1 Å². The van der Waals surface area contributed by atoms with Crippen LogP contribution in [-0.2, 0) is 4.79 Å². The van der Waals surface area contributed by atoms with Crippen LogP contribution in [0.5, 0.6) is 11.5 Å². The third-order valence-corrected chi connectivity index (χ3v) is 5.57. The van der Waals surface area contributed by atoms with Crippen molar-refractivity contribution in [2.45, 2.75) is 25.3 Å². The SMILES string of the molecule is O=C(CN1CCC[C@H]1c1ccc2c(c1)OCCCO2)Nc1ccc(Br)cc1F. The molecule has 0 bridgehead atoms. The van der Waals surface area contributed by atoms with Crippen LogP contribution < -0.4 is 14.8 Å². The highest BCUT2D eigenvalue weighted by atomic mass is 79.9. The Kier molecular flexibility index (Phi) is 5.82. The van der Waals surface area contributed by atoms with Crippen LogP contribution in [0.2, 0.25) is 0 Å². The van der Waals surface area contributed by atoms with E-state index in [9.17, 15) is 9.18 Å². The van der Waals surface area contributed by atoms with Crippen molar-refractivity contribution in [3.63, 3.8) is 0 Å². The van der Waals surface area contributed by atoms with Gasteiger partial charge < -0.3 is 14.8 Å². The number of fused-ring (bicyclic) bond motifs is 1. The first-order chi connectivity index (χ1) is 13.6. The average Bonchev–Trinajstić information content (AvgIpc) is 2.99. The summed E-state index contributed by atoms with van der Waals surface area (Å²) in [5.41, 5.74) is 1.31. The zero-order chi connectivity index (χ0) is 19.5. The fourth-order valence-electron chi connectivity index (χ4n) is 3.75. The molecule has 0 aliphatic carbocycles. The summed E-state index contributed by atoms with van der Waals surface area (Å²) in [5, 5.41) is 2.67. The molecule has 7 heteroatoms. The molecule has 0 saturated carbocycles. The predicted molar refractivity (Wildman–Crippen MR) is 108 cm³/mol. The van der Waals surface area contributed by atoms with Crippen molar-refractivity contribution in [3.05, 3.63) is 52.3 Å². The predicted octanol–water partition coefficient (Wildman–Crippen LogP) is 4.53. The van der Waals surface area contributed by atoms with Crippen LogP contribution in [0.4, 0.5) is 10.1 Å². The molecule has 4 rings (SSSR count). The van der Waals surface area contributed by atoms with Crippen LogP contribution in [0.3, 0.4) is 0 Å². The van der Waals surface area contributed by atoms with Gasteiger partial charge in [0.1, 0.15) is 5.82 Å². The number of hydrogen-bond donors (Lipinski definition) is 1. The maximum absolute atomic E-state index is 14.0. The third-order valence-electron chi connectivity index (χ3n) is 5.07. The number of amides is 1. The molecule has 2 aromatic rings. The number of carbonyl (C=O) groups is 1. The summed E-state index contributed by atoms with van der Waals surface area (Å²) in [6, 6.07) is 10.8. The van der Waals surface area contributed by atoms with Crippen molar-refractivity contribution in [2.75, 3.05) is 31.6 Å². The molecule has 1 saturated heterocycles. The Bertz CT molecular complexity index is 877. The van der Waals surface area contributed by atoms with Gasteiger partial charge in [-0.15, -0.1) is 0 Å². The molecule has 2 aromatic carbocycles. The molecule has 2 heterocycles. The number of ether oxygens (including phenoxy) is 2. The maximum Gasteiger partial charge on any atom is 0.238 e. The van der Waals surface area contributed by atoms with Gasteiger partial charge in [-0.1, -0.05) is 22.0 Å². The number of nitrogens with one attached hydrogen (secondary N) is 1. The summed E-state index contributed by atoms with van der Waals surface area (Å²) >= 11 is 3.22.